The third-order valence-corrected chi connectivity index (χ3v) is 3.76. The lowest BCUT2D eigenvalue weighted by Crippen LogP contribution is -2.14. The zero-order valence-electron chi connectivity index (χ0n) is 11.7. The molecule has 0 bridgehead atoms. The standard InChI is InChI=1S/C14H16N6S/c1-2-6-15-8-11-9-16-13(17-10-11)21-14-19-18-12-5-3-4-7-20(12)14/h3-5,7,9-10,15H,2,6,8H2,1H3. The number of fused-ring (bicyclic) bond motifs is 1. The summed E-state index contributed by atoms with van der Waals surface area (Å²) >= 11 is 1.41. The second-order valence-electron chi connectivity index (χ2n) is 4.56. The largest absolute Gasteiger partial charge is 0.313 e. The van der Waals surface area contributed by atoms with Crippen molar-refractivity contribution in [1.82, 2.24) is 29.9 Å². The van der Waals surface area contributed by atoms with Gasteiger partial charge in [-0.1, -0.05) is 13.0 Å². The maximum atomic E-state index is 4.37. The van der Waals surface area contributed by atoms with Gasteiger partial charge < -0.3 is 5.32 Å². The predicted octanol–water partition coefficient (Wildman–Crippen LogP) is 2.17. The van der Waals surface area contributed by atoms with Crippen LogP contribution >= 0.6 is 11.8 Å². The van der Waals surface area contributed by atoms with Gasteiger partial charge in [-0.3, -0.25) is 4.40 Å². The molecule has 21 heavy (non-hydrogen) atoms. The summed E-state index contributed by atoms with van der Waals surface area (Å²) in [5.41, 5.74) is 1.90. The van der Waals surface area contributed by atoms with Crippen LogP contribution in [0.15, 0.2) is 47.1 Å². The molecule has 1 N–H and O–H groups in total. The molecule has 0 aromatic carbocycles. The van der Waals surface area contributed by atoms with Gasteiger partial charge in [0.05, 0.1) is 0 Å². The summed E-state index contributed by atoms with van der Waals surface area (Å²) in [6, 6.07) is 5.80. The van der Waals surface area contributed by atoms with E-state index in [1.807, 2.05) is 41.2 Å². The number of hydrogen-bond donors (Lipinski definition) is 1. The molecule has 0 aliphatic carbocycles. The Kier molecular flexibility index (Phi) is 4.42. The highest BCUT2D eigenvalue weighted by Gasteiger charge is 2.08. The molecule has 3 aromatic rings. The molecule has 0 amide bonds. The van der Waals surface area contributed by atoms with Crippen molar-refractivity contribution >= 4 is 17.4 Å². The van der Waals surface area contributed by atoms with Gasteiger partial charge in [-0.25, -0.2) is 9.97 Å². The third-order valence-electron chi connectivity index (χ3n) is 2.90. The Labute approximate surface area is 127 Å². The molecule has 7 heteroatoms. The number of hydrogen-bond acceptors (Lipinski definition) is 6. The van der Waals surface area contributed by atoms with E-state index in [0.717, 1.165) is 35.9 Å². The van der Waals surface area contributed by atoms with Crippen LogP contribution in [-0.2, 0) is 6.54 Å². The van der Waals surface area contributed by atoms with Crippen molar-refractivity contribution in [1.29, 1.82) is 0 Å². The molecule has 3 heterocycles. The molecule has 0 aliphatic rings. The third kappa shape index (κ3) is 3.37. The topological polar surface area (TPSA) is 68.0 Å². The average Bonchev–Trinajstić information content (AvgIpc) is 2.93. The number of rotatable bonds is 6. The van der Waals surface area contributed by atoms with E-state index < -0.39 is 0 Å². The Morgan fingerprint density at radius 1 is 1.19 bits per heavy atom. The van der Waals surface area contributed by atoms with Crippen molar-refractivity contribution < 1.29 is 0 Å². The number of aromatic nitrogens is 5. The van der Waals surface area contributed by atoms with Crippen LogP contribution in [-0.4, -0.2) is 31.1 Å². The van der Waals surface area contributed by atoms with E-state index in [1.54, 1.807) is 0 Å². The first kappa shape index (κ1) is 14.0. The molecule has 3 aromatic heterocycles. The molecule has 0 radical (unpaired) electrons. The average molecular weight is 300 g/mol. The van der Waals surface area contributed by atoms with Gasteiger partial charge in [0.2, 0.25) is 5.16 Å². The van der Waals surface area contributed by atoms with Crippen LogP contribution in [0.25, 0.3) is 5.65 Å². The Morgan fingerprint density at radius 2 is 2.05 bits per heavy atom. The minimum atomic E-state index is 0.674. The highest BCUT2D eigenvalue weighted by Crippen LogP contribution is 2.22. The number of nitrogens with zero attached hydrogens (tertiary/aromatic N) is 5. The van der Waals surface area contributed by atoms with Gasteiger partial charge in [0.1, 0.15) is 0 Å². The fourth-order valence-corrected chi connectivity index (χ4v) is 2.58. The lowest BCUT2D eigenvalue weighted by Gasteiger charge is -2.03. The molecule has 0 atom stereocenters. The Hall–Kier alpha value is -1.99. The smallest absolute Gasteiger partial charge is 0.203 e. The molecule has 0 aliphatic heterocycles. The maximum absolute atomic E-state index is 4.37. The highest BCUT2D eigenvalue weighted by molar-refractivity contribution is 7.99. The Morgan fingerprint density at radius 3 is 2.86 bits per heavy atom. The van der Waals surface area contributed by atoms with Gasteiger partial charge in [0, 0.05) is 30.7 Å². The van der Waals surface area contributed by atoms with E-state index >= 15 is 0 Å². The second-order valence-corrected chi connectivity index (χ2v) is 5.50. The monoisotopic (exact) mass is 300 g/mol. The van der Waals surface area contributed by atoms with Crippen molar-refractivity contribution in [2.45, 2.75) is 30.2 Å². The van der Waals surface area contributed by atoms with E-state index in [0.29, 0.717) is 5.16 Å². The van der Waals surface area contributed by atoms with Gasteiger partial charge in [0.25, 0.3) is 0 Å². The lowest BCUT2D eigenvalue weighted by molar-refractivity contribution is 0.669. The van der Waals surface area contributed by atoms with E-state index in [1.165, 1.54) is 11.8 Å². The summed E-state index contributed by atoms with van der Waals surface area (Å²) in [5.74, 6) is 0. The van der Waals surface area contributed by atoms with Crippen LogP contribution in [0.1, 0.15) is 18.9 Å². The minimum Gasteiger partial charge on any atom is -0.313 e. The zero-order chi connectivity index (χ0) is 14.5. The molecule has 0 fully saturated rings. The highest BCUT2D eigenvalue weighted by atomic mass is 32.2. The summed E-state index contributed by atoms with van der Waals surface area (Å²) in [6.07, 6.45) is 6.75. The first-order valence-corrected chi connectivity index (χ1v) is 7.67. The van der Waals surface area contributed by atoms with E-state index in [-0.39, 0.29) is 0 Å². The first-order chi connectivity index (χ1) is 10.4. The van der Waals surface area contributed by atoms with Crippen LogP contribution in [0.3, 0.4) is 0 Å². The van der Waals surface area contributed by atoms with Gasteiger partial charge in [0.15, 0.2) is 10.8 Å². The molecule has 0 spiro atoms. The van der Waals surface area contributed by atoms with Crippen molar-refractivity contribution in [3.63, 3.8) is 0 Å². The van der Waals surface area contributed by atoms with Crippen molar-refractivity contribution in [3.05, 3.63) is 42.4 Å². The van der Waals surface area contributed by atoms with E-state index in [4.69, 9.17) is 0 Å². The number of pyridine rings is 1. The second kappa shape index (κ2) is 6.64. The fraction of sp³-hybridized carbons (Fsp3) is 0.286. The minimum absolute atomic E-state index is 0.674. The maximum Gasteiger partial charge on any atom is 0.203 e. The van der Waals surface area contributed by atoms with Crippen LogP contribution in [0.2, 0.25) is 0 Å². The van der Waals surface area contributed by atoms with Crippen LogP contribution in [0.4, 0.5) is 0 Å². The van der Waals surface area contributed by atoms with Crippen molar-refractivity contribution in [2.75, 3.05) is 6.54 Å². The van der Waals surface area contributed by atoms with E-state index in [9.17, 15) is 0 Å². The van der Waals surface area contributed by atoms with Crippen molar-refractivity contribution in [3.8, 4) is 0 Å². The summed E-state index contributed by atoms with van der Waals surface area (Å²) in [4.78, 5) is 8.74. The molecular formula is C14H16N6S. The zero-order valence-corrected chi connectivity index (χ0v) is 12.5. The molecule has 6 nitrogen and oxygen atoms in total. The van der Waals surface area contributed by atoms with Crippen molar-refractivity contribution in [2.24, 2.45) is 0 Å². The van der Waals surface area contributed by atoms with Crippen LogP contribution in [0, 0.1) is 0 Å². The number of nitrogens with one attached hydrogen (secondary N) is 1. The van der Waals surface area contributed by atoms with Gasteiger partial charge in [-0.2, -0.15) is 0 Å². The Bertz CT molecular complexity index is 709. The Balaban J connectivity index is 1.70. The van der Waals surface area contributed by atoms with Gasteiger partial charge >= 0.3 is 0 Å². The lowest BCUT2D eigenvalue weighted by atomic mass is 10.3. The van der Waals surface area contributed by atoms with Crippen LogP contribution in [0.5, 0.6) is 0 Å². The summed E-state index contributed by atoms with van der Waals surface area (Å²) < 4.78 is 1.92. The molecule has 108 valence electrons. The summed E-state index contributed by atoms with van der Waals surface area (Å²) in [5, 5.41) is 13.0. The fourth-order valence-electron chi connectivity index (χ4n) is 1.87. The molecular weight excluding hydrogens is 284 g/mol. The first-order valence-electron chi connectivity index (χ1n) is 6.86. The summed E-state index contributed by atoms with van der Waals surface area (Å²) in [6.45, 7) is 3.95. The van der Waals surface area contributed by atoms with E-state index in [2.05, 4.69) is 32.4 Å². The normalized spacial score (nSPS) is 11.1. The molecule has 3 rings (SSSR count). The molecule has 0 saturated carbocycles. The SMILES string of the molecule is CCCNCc1cnc(Sc2nnc3ccccn23)nc1. The van der Waals surface area contributed by atoms with Gasteiger partial charge in [-0.15, -0.1) is 10.2 Å². The molecule has 0 unspecified atom stereocenters. The summed E-state index contributed by atoms with van der Waals surface area (Å²) in [7, 11) is 0. The predicted molar refractivity (Wildman–Crippen MR) is 81.1 cm³/mol. The quantitative estimate of drug-likeness (QED) is 0.556. The van der Waals surface area contributed by atoms with Gasteiger partial charge in [-0.05, 0) is 36.9 Å². The molecule has 0 saturated heterocycles. The van der Waals surface area contributed by atoms with Crippen LogP contribution < -0.4 is 5.32 Å².